The second-order valence-corrected chi connectivity index (χ2v) is 5.46. The van der Waals surface area contributed by atoms with Gasteiger partial charge in [-0.1, -0.05) is 0 Å². The number of hydrogen-bond donors (Lipinski definition) is 2. The first-order chi connectivity index (χ1) is 9.20. The molecule has 1 aromatic rings. The Morgan fingerprint density at radius 2 is 2.10 bits per heavy atom. The fourth-order valence-electron chi connectivity index (χ4n) is 1.66. The van der Waals surface area contributed by atoms with Crippen LogP contribution in [0.2, 0.25) is 0 Å². The van der Waals surface area contributed by atoms with Gasteiger partial charge in [-0.25, -0.2) is 9.78 Å². The summed E-state index contributed by atoms with van der Waals surface area (Å²) in [4.78, 5) is 28.3. The Kier molecular flexibility index (Phi) is 5.06. The van der Waals surface area contributed by atoms with Gasteiger partial charge in [0.15, 0.2) is 5.82 Å². The number of rotatable bonds is 5. The summed E-state index contributed by atoms with van der Waals surface area (Å²) in [6.45, 7) is 5.92. The number of urea groups is 1. The molecule has 0 spiro atoms. The number of carbonyl (C=O) groups excluding carboxylic acids is 1. The minimum absolute atomic E-state index is 0.0907. The number of carboxylic acids is 1. The molecule has 0 aliphatic rings. The van der Waals surface area contributed by atoms with Gasteiger partial charge in [0, 0.05) is 19.1 Å². The SMILES string of the molecule is Cn1cnc(CNC(=O)N(CCC(=O)O)C(C)(C)C)n1. The second kappa shape index (κ2) is 6.36. The van der Waals surface area contributed by atoms with E-state index in [-0.39, 0.29) is 25.5 Å². The number of aliphatic carboxylic acids is 1. The standard InChI is InChI=1S/C12H21N5O3/c1-12(2,3)17(6-5-10(18)19)11(20)13-7-9-14-8-16(4)15-9/h8H,5-7H2,1-4H3,(H,13,20)(H,18,19). The molecular weight excluding hydrogens is 262 g/mol. The van der Waals surface area contributed by atoms with E-state index in [1.165, 1.54) is 4.90 Å². The van der Waals surface area contributed by atoms with Gasteiger partial charge in [-0.15, -0.1) is 0 Å². The number of aryl methyl sites for hydroxylation is 1. The summed E-state index contributed by atoms with van der Waals surface area (Å²) in [6.07, 6.45) is 1.46. The maximum Gasteiger partial charge on any atom is 0.318 e. The zero-order valence-corrected chi connectivity index (χ0v) is 12.3. The van der Waals surface area contributed by atoms with Crippen LogP contribution in [0.5, 0.6) is 0 Å². The molecule has 8 nitrogen and oxygen atoms in total. The van der Waals surface area contributed by atoms with Crippen molar-refractivity contribution in [2.75, 3.05) is 6.54 Å². The fourth-order valence-corrected chi connectivity index (χ4v) is 1.66. The van der Waals surface area contributed by atoms with Crippen LogP contribution in [-0.4, -0.2) is 48.9 Å². The van der Waals surface area contributed by atoms with Crippen LogP contribution >= 0.6 is 0 Å². The number of nitrogens with zero attached hydrogens (tertiary/aromatic N) is 4. The Labute approximate surface area is 117 Å². The van der Waals surface area contributed by atoms with Gasteiger partial charge in [-0.3, -0.25) is 9.48 Å². The van der Waals surface area contributed by atoms with Crippen molar-refractivity contribution in [2.24, 2.45) is 7.05 Å². The zero-order valence-electron chi connectivity index (χ0n) is 12.3. The molecule has 1 heterocycles. The number of carboxylic acid groups (broad SMARTS) is 1. The van der Waals surface area contributed by atoms with Crippen molar-refractivity contribution in [2.45, 2.75) is 39.3 Å². The van der Waals surface area contributed by atoms with E-state index in [1.54, 1.807) is 18.1 Å². The smallest absolute Gasteiger partial charge is 0.318 e. The van der Waals surface area contributed by atoms with E-state index in [1.807, 2.05) is 20.8 Å². The van der Waals surface area contributed by atoms with E-state index < -0.39 is 11.5 Å². The van der Waals surface area contributed by atoms with Crippen molar-refractivity contribution in [3.05, 3.63) is 12.2 Å². The topological polar surface area (TPSA) is 100 Å². The van der Waals surface area contributed by atoms with E-state index in [0.29, 0.717) is 5.82 Å². The lowest BCUT2D eigenvalue weighted by atomic mass is 10.1. The molecule has 1 aromatic heterocycles. The molecule has 0 fully saturated rings. The first-order valence-corrected chi connectivity index (χ1v) is 6.32. The average molecular weight is 283 g/mol. The lowest BCUT2D eigenvalue weighted by molar-refractivity contribution is -0.137. The van der Waals surface area contributed by atoms with E-state index in [2.05, 4.69) is 15.4 Å². The fraction of sp³-hybridized carbons (Fsp3) is 0.667. The van der Waals surface area contributed by atoms with E-state index in [4.69, 9.17) is 5.11 Å². The lowest BCUT2D eigenvalue weighted by Crippen LogP contribution is -2.51. The predicted molar refractivity (Wildman–Crippen MR) is 72.0 cm³/mol. The van der Waals surface area contributed by atoms with E-state index in [0.717, 1.165) is 0 Å². The van der Waals surface area contributed by atoms with Crippen LogP contribution in [0.4, 0.5) is 4.79 Å². The van der Waals surface area contributed by atoms with Crippen LogP contribution in [0.15, 0.2) is 6.33 Å². The zero-order chi connectivity index (χ0) is 15.3. The Balaban J connectivity index is 2.61. The minimum atomic E-state index is -0.932. The molecule has 112 valence electrons. The van der Waals surface area contributed by atoms with Gasteiger partial charge in [0.05, 0.1) is 13.0 Å². The summed E-state index contributed by atoms with van der Waals surface area (Å²) < 4.78 is 1.55. The van der Waals surface area contributed by atoms with Crippen molar-refractivity contribution in [1.29, 1.82) is 0 Å². The average Bonchev–Trinajstić information content (AvgIpc) is 2.70. The van der Waals surface area contributed by atoms with Crippen LogP contribution < -0.4 is 5.32 Å². The van der Waals surface area contributed by atoms with Gasteiger partial charge < -0.3 is 15.3 Å². The molecular formula is C12H21N5O3. The molecule has 1 rings (SSSR count). The molecule has 20 heavy (non-hydrogen) atoms. The van der Waals surface area contributed by atoms with Crippen LogP contribution in [0.25, 0.3) is 0 Å². The largest absolute Gasteiger partial charge is 0.481 e. The third-order valence-corrected chi connectivity index (χ3v) is 2.65. The minimum Gasteiger partial charge on any atom is -0.481 e. The summed E-state index contributed by atoms with van der Waals surface area (Å²) in [5.74, 6) is -0.425. The summed E-state index contributed by atoms with van der Waals surface area (Å²) in [5, 5.41) is 15.5. The maximum atomic E-state index is 12.1. The van der Waals surface area contributed by atoms with Crippen LogP contribution in [0.3, 0.4) is 0 Å². The normalized spacial score (nSPS) is 11.2. The summed E-state index contributed by atoms with van der Waals surface area (Å²) >= 11 is 0. The van der Waals surface area contributed by atoms with Gasteiger partial charge in [0.25, 0.3) is 0 Å². The summed E-state index contributed by atoms with van der Waals surface area (Å²) in [5.41, 5.74) is -0.461. The van der Waals surface area contributed by atoms with E-state index >= 15 is 0 Å². The highest BCUT2D eigenvalue weighted by molar-refractivity contribution is 5.76. The van der Waals surface area contributed by atoms with Crippen molar-refractivity contribution >= 4 is 12.0 Å². The predicted octanol–water partition coefficient (Wildman–Crippen LogP) is 0.600. The van der Waals surface area contributed by atoms with Crippen molar-refractivity contribution in [3.63, 3.8) is 0 Å². The molecule has 0 radical (unpaired) electrons. The van der Waals surface area contributed by atoms with Crippen molar-refractivity contribution < 1.29 is 14.7 Å². The molecule has 8 heteroatoms. The number of carbonyl (C=O) groups is 2. The number of hydrogen-bond acceptors (Lipinski definition) is 4. The summed E-state index contributed by atoms with van der Waals surface area (Å²) in [7, 11) is 1.74. The monoisotopic (exact) mass is 283 g/mol. The van der Waals surface area contributed by atoms with E-state index in [9.17, 15) is 9.59 Å². The highest BCUT2D eigenvalue weighted by Crippen LogP contribution is 2.14. The first-order valence-electron chi connectivity index (χ1n) is 6.32. The lowest BCUT2D eigenvalue weighted by Gasteiger charge is -2.35. The molecule has 0 atom stereocenters. The van der Waals surface area contributed by atoms with Gasteiger partial charge in [-0.05, 0) is 20.8 Å². The second-order valence-electron chi connectivity index (χ2n) is 5.46. The summed E-state index contributed by atoms with van der Waals surface area (Å²) in [6, 6.07) is -0.328. The van der Waals surface area contributed by atoms with Gasteiger partial charge in [0.1, 0.15) is 6.33 Å². The third kappa shape index (κ3) is 4.87. The number of aromatic nitrogens is 3. The van der Waals surface area contributed by atoms with Gasteiger partial charge in [0.2, 0.25) is 0 Å². The maximum absolute atomic E-state index is 12.1. The van der Waals surface area contributed by atoms with Crippen LogP contribution in [0, 0.1) is 0 Å². The first kappa shape index (κ1) is 15.9. The van der Waals surface area contributed by atoms with Gasteiger partial charge in [-0.2, -0.15) is 5.10 Å². The van der Waals surface area contributed by atoms with Gasteiger partial charge >= 0.3 is 12.0 Å². The molecule has 0 saturated carbocycles. The Morgan fingerprint density at radius 1 is 1.45 bits per heavy atom. The molecule has 2 N–H and O–H groups in total. The van der Waals surface area contributed by atoms with Crippen LogP contribution in [-0.2, 0) is 18.4 Å². The third-order valence-electron chi connectivity index (χ3n) is 2.65. The molecule has 0 saturated heterocycles. The molecule has 0 unspecified atom stereocenters. The Bertz CT molecular complexity index is 478. The number of nitrogens with one attached hydrogen (secondary N) is 1. The molecule has 0 aromatic carbocycles. The molecule has 0 aliphatic carbocycles. The van der Waals surface area contributed by atoms with Crippen molar-refractivity contribution in [1.82, 2.24) is 25.0 Å². The Morgan fingerprint density at radius 3 is 2.55 bits per heavy atom. The highest BCUT2D eigenvalue weighted by Gasteiger charge is 2.26. The molecule has 0 aliphatic heterocycles. The van der Waals surface area contributed by atoms with Crippen LogP contribution in [0.1, 0.15) is 33.0 Å². The molecule has 0 bridgehead atoms. The molecule has 2 amide bonds. The quantitative estimate of drug-likeness (QED) is 0.824. The number of amides is 2. The van der Waals surface area contributed by atoms with Crippen molar-refractivity contribution in [3.8, 4) is 0 Å². The Hall–Kier alpha value is -2.12. The highest BCUT2D eigenvalue weighted by atomic mass is 16.4.